The summed E-state index contributed by atoms with van der Waals surface area (Å²) in [6.07, 6.45) is 3.24. The molecular formula is C13H17N5OS. The molecule has 0 aliphatic heterocycles. The van der Waals surface area contributed by atoms with Crippen molar-refractivity contribution in [1.29, 1.82) is 0 Å². The number of thiazole rings is 1. The van der Waals surface area contributed by atoms with Gasteiger partial charge in [0.15, 0.2) is 0 Å². The van der Waals surface area contributed by atoms with Crippen LogP contribution in [0.1, 0.15) is 28.0 Å². The Balaban J connectivity index is 1.97. The molecule has 106 valence electrons. The minimum Gasteiger partial charge on any atom is -0.352 e. The van der Waals surface area contributed by atoms with Gasteiger partial charge in [0.25, 0.3) is 5.91 Å². The summed E-state index contributed by atoms with van der Waals surface area (Å²) in [7, 11) is 0. The Hall–Kier alpha value is -1.99. The van der Waals surface area contributed by atoms with Crippen molar-refractivity contribution in [3.8, 4) is 0 Å². The van der Waals surface area contributed by atoms with Crippen molar-refractivity contribution in [1.82, 2.24) is 15.3 Å². The summed E-state index contributed by atoms with van der Waals surface area (Å²) in [6, 6.07) is 3.41. The van der Waals surface area contributed by atoms with Crippen LogP contribution in [0, 0.1) is 0 Å². The van der Waals surface area contributed by atoms with Crippen LogP contribution < -0.4 is 16.6 Å². The van der Waals surface area contributed by atoms with Gasteiger partial charge in [-0.3, -0.25) is 4.79 Å². The van der Waals surface area contributed by atoms with Crippen LogP contribution in [0.2, 0.25) is 0 Å². The Morgan fingerprint density at radius 3 is 2.95 bits per heavy atom. The SMILES string of the molecule is CCc1cc(C(=O)NCCc2nccs2)cc(NN)n1. The third-order valence-corrected chi connectivity index (χ3v) is 3.60. The third kappa shape index (κ3) is 3.75. The maximum Gasteiger partial charge on any atom is 0.251 e. The molecule has 4 N–H and O–H groups in total. The molecule has 0 aromatic carbocycles. The lowest BCUT2D eigenvalue weighted by Crippen LogP contribution is -2.26. The van der Waals surface area contributed by atoms with Crippen LogP contribution in [-0.4, -0.2) is 22.4 Å². The minimum atomic E-state index is -0.129. The van der Waals surface area contributed by atoms with E-state index in [4.69, 9.17) is 5.84 Å². The fourth-order valence-electron chi connectivity index (χ4n) is 1.74. The average Bonchev–Trinajstić information content (AvgIpc) is 2.99. The van der Waals surface area contributed by atoms with E-state index < -0.39 is 0 Å². The highest BCUT2D eigenvalue weighted by Crippen LogP contribution is 2.10. The fourth-order valence-corrected chi connectivity index (χ4v) is 2.36. The summed E-state index contributed by atoms with van der Waals surface area (Å²) in [5, 5.41) is 5.81. The highest BCUT2D eigenvalue weighted by atomic mass is 32.1. The summed E-state index contributed by atoms with van der Waals surface area (Å²) in [5.41, 5.74) is 3.86. The predicted octanol–water partition coefficient (Wildman–Crippen LogP) is 1.36. The molecule has 1 amide bonds. The Morgan fingerprint density at radius 2 is 2.30 bits per heavy atom. The van der Waals surface area contributed by atoms with Crippen LogP contribution >= 0.6 is 11.3 Å². The lowest BCUT2D eigenvalue weighted by Gasteiger charge is -2.08. The van der Waals surface area contributed by atoms with Gasteiger partial charge in [-0.05, 0) is 18.6 Å². The first kappa shape index (κ1) is 14.4. The van der Waals surface area contributed by atoms with Gasteiger partial charge in [0, 0.05) is 35.8 Å². The molecule has 0 radical (unpaired) electrons. The minimum absolute atomic E-state index is 0.129. The topological polar surface area (TPSA) is 92.9 Å². The Kier molecular flexibility index (Phi) is 5.03. The van der Waals surface area contributed by atoms with E-state index in [1.165, 1.54) is 0 Å². The molecule has 2 heterocycles. The number of carbonyl (C=O) groups excluding carboxylic acids is 1. The van der Waals surface area contributed by atoms with Gasteiger partial charge in [0.2, 0.25) is 0 Å². The quantitative estimate of drug-likeness (QED) is 0.552. The first-order chi connectivity index (χ1) is 9.72. The molecule has 2 aromatic heterocycles. The van der Waals surface area contributed by atoms with E-state index in [1.54, 1.807) is 29.7 Å². The van der Waals surface area contributed by atoms with Crippen LogP contribution in [-0.2, 0) is 12.8 Å². The molecule has 0 bridgehead atoms. The van der Waals surface area contributed by atoms with E-state index in [9.17, 15) is 4.79 Å². The number of nitrogen functional groups attached to an aromatic ring is 1. The highest BCUT2D eigenvalue weighted by Gasteiger charge is 2.09. The number of nitrogens with two attached hydrogens (primary N) is 1. The van der Waals surface area contributed by atoms with Gasteiger partial charge in [-0.2, -0.15) is 0 Å². The number of pyridine rings is 1. The number of nitrogens with one attached hydrogen (secondary N) is 2. The van der Waals surface area contributed by atoms with Crippen LogP contribution in [0.15, 0.2) is 23.7 Å². The Bertz CT molecular complexity index is 548. The molecule has 0 saturated heterocycles. The van der Waals surface area contributed by atoms with Gasteiger partial charge in [-0.15, -0.1) is 11.3 Å². The summed E-state index contributed by atoms with van der Waals surface area (Å²) in [6.45, 7) is 2.54. The first-order valence-corrected chi connectivity index (χ1v) is 7.25. The van der Waals surface area contributed by atoms with Crippen molar-refractivity contribution in [2.75, 3.05) is 12.0 Å². The lowest BCUT2D eigenvalue weighted by molar-refractivity contribution is 0.0954. The van der Waals surface area contributed by atoms with Gasteiger partial charge in [-0.25, -0.2) is 15.8 Å². The maximum absolute atomic E-state index is 12.1. The zero-order valence-electron chi connectivity index (χ0n) is 11.2. The van der Waals surface area contributed by atoms with Crippen molar-refractivity contribution in [3.63, 3.8) is 0 Å². The van der Waals surface area contributed by atoms with E-state index in [0.29, 0.717) is 17.9 Å². The van der Waals surface area contributed by atoms with E-state index in [-0.39, 0.29) is 5.91 Å². The lowest BCUT2D eigenvalue weighted by atomic mass is 10.2. The molecule has 0 aliphatic carbocycles. The molecule has 0 spiro atoms. The molecule has 0 atom stereocenters. The van der Waals surface area contributed by atoms with Crippen LogP contribution in [0.4, 0.5) is 5.82 Å². The molecule has 6 nitrogen and oxygen atoms in total. The largest absolute Gasteiger partial charge is 0.352 e. The standard InChI is InChI=1S/C13H17N5OS/c1-2-10-7-9(8-11(17-10)18-14)13(19)16-4-3-12-15-5-6-20-12/h5-8H,2-4,14H2,1H3,(H,16,19)(H,17,18). The third-order valence-electron chi connectivity index (χ3n) is 2.76. The summed E-state index contributed by atoms with van der Waals surface area (Å²) in [4.78, 5) is 20.5. The zero-order chi connectivity index (χ0) is 14.4. The molecule has 0 unspecified atom stereocenters. The molecule has 0 aliphatic rings. The average molecular weight is 291 g/mol. The number of amides is 1. The maximum atomic E-state index is 12.1. The molecule has 7 heteroatoms. The normalized spacial score (nSPS) is 10.3. The van der Waals surface area contributed by atoms with Crippen molar-refractivity contribution in [2.24, 2.45) is 5.84 Å². The summed E-state index contributed by atoms with van der Waals surface area (Å²) < 4.78 is 0. The number of aromatic nitrogens is 2. The fraction of sp³-hybridized carbons (Fsp3) is 0.308. The number of hydrogen-bond acceptors (Lipinski definition) is 6. The molecular weight excluding hydrogens is 274 g/mol. The monoisotopic (exact) mass is 291 g/mol. The molecule has 0 fully saturated rings. The predicted molar refractivity (Wildman–Crippen MR) is 79.6 cm³/mol. The van der Waals surface area contributed by atoms with Crippen molar-refractivity contribution in [3.05, 3.63) is 40.0 Å². The molecule has 20 heavy (non-hydrogen) atoms. The summed E-state index contributed by atoms with van der Waals surface area (Å²) in [5.74, 6) is 5.72. The van der Waals surface area contributed by atoms with Gasteiger partial charge in [-0.1, -0.05) is 6.92 Å². The number of rotatable bonds is 6. The molecule has 2 aromatic rings. The van der Waals surface area contributed by atoms with Crippen molar-refractivity contribution >= 4 is 23.1 Å². The number of nitrogens with zero attached hydrogens (tertiary/aromatic N) is 2. The Labute approximate surface area is 121 Å². The van der Waals surface area contributed by atoms with Gasteiger partial charge in [0.05, 0.1) is 5.01 Å². The van der Waals surface area contributed by atoms with Gasteiger partial charge < -0.3 is 10.7 Å². The van der Waals surface area contributed by atoms with E-state index in [1.807, 2.05) is 12.3 Å². The Morgan fingerprint density at radius 1 is 1.45 bits per heavy atom. The van der Waals surface area contributed by atoms with Crippen molar-refractivity contribution < 1.29 is 4.79 Å². The number of carbonyl (C=O) groups is 1. The number of hydrazine groups is 1. The second-order valence-corrected chi connectivity index (χ2v) is 5.14. The van der Waals surface area contributed by atoms with E-state index in [0.717, 1.165) is 23.5 Å². The van der Waals surface area contributed by atoms with E-state index >= 15 is 0 Å². The number of anilines is 1. The molecule has 0 saturated carbocycles. The van der Waals surface area contributed by atoms with Crippen LogP contribution in [0.5, 0.6) is 0 Å². The van der Waals surface area contributed by atoms with Crippen LogP contribution in [0.25, 0.3) is 0 Å². The molecule has 2 rings (SSSR count). The highest BCUT2D eigenvalue weighted by molar-refractivity contribution is 7.09. The van der Waals surface area contributed by atoms with E-state index in [2.05, 4.69) is 20.7 Å². The number of aryl methyl sites for hydroxylation is 1. The number of hydrogen-bond donors (Lipinski definition) is 3. The second-order valence-electron chi connectivity index (χ2n) is 4.16. The van der Waals surface area contributed by atoms with Gasteiger partial charge >= 0.3 is 0 Å². The zero-order valence-corrected chi connectivity index (χ0v) is 12.0. The second kappa shape index (κ2) is 6.97. The van der Waals surface area contributed by atoms with Crippen molar-refractivity contribution in [2.45, 2.75) is 19.8 Å². The van der Waals surface area contributed by atoms with Crippen LogP contribution in [0.3, 0.4) is 0 Å². The van der Waals surface area contributed by atoms with Gasteiger partial charge in [0.1, 0.15) is 5.82 Å². The summed E-state index contributed by atoms with van der Waals surface area (Å²) >= 11 is 1.58. The first-order valence-electron chi connectivity index (χ1n) is 6.37. The smallest absolute Gasteiger partial charge is 0.251 e.